The monoisotopic (exact) mass is 691 g/mol. The number of nitrogens with zero attached hydrogens (tertiary/aromatic N) is 1. The van der Waals surface area contributed by atoms with E-state index < -0.39 is 23.1 Å². The number of fused-ring (bicyclic) bond motifs is 2. The number of allylic oxidation sites excluding steroid dienone is 2. The highest BCUT2D eigenvalue weighted by atomic mass is 19.1. The smallest absolute Gasteiger partial charge is 0.247 e. The number of anilines is 2. The number of oxazole rings is 1. The Morgan fingerprint density at radius 2 is 1.44 bits per heavy atom. The van der Waals surface area contributed by atoms with Crippen LogP contribution in [-0.2, 0) is 16.0 Å². The molecule has 1 aromatic heterocycles. The van der Waals surface area contributed by atoms with Crippen molar-refractivity contribution in [1.82, 2.24) is 4.98 Å². The number of hydrogen-bond donors (Lipinski definition) is 2. The van der Waals surface area contributed by atoms with Gasteiger partial charge in [0.05, 0.1) is 12.3 Å². The first-order chi connectivity index (χ1) is 23.4. The van der Waals surface area contributed by atoms with Crippen molar-refractivity contribution < 1.29 is 31.9 Å². The maximum Gasteiger partial charge on any atom is 0.247 e. The van der Waals surface area contributed by atoms with Crippen molar-refractivity contribution >= 4 is 46.4 Å². The summed E-state index contributed by atoms with van der Waals surface area (Å²) in [6.07, 6.45) is 17.8. The molecule has 0 bridgehead atoms. The highest BCUT2D eigenvalue weighted by molar-refractivity contribution is 6.01. The van der Waals surface area contributed by atoms with Gasteiger partial charge in [0.2, 0.25) is 11.8 Å². The van der Waals surface area contributed by atoms with Gasteiger partial charge in [0.1, 0.15) is 22.6 Å². The molecule has 0 radical (unpaired) electrons. The molecule has 2 aromatic carbocycles. The van der Waals surface area contributed by atoms with E-state index in [4.69, 9.17) is 9.15 Å². The molecular formula is C40H48F3N3O4. The average Bonchev–Trinajstić information content (AvgIpc) is 3.76. The summed E-state index contributed by atoms with van der Waals surface area (Å²) < 4.78 is 53.4. The van der Waals surface area contributed by atoms with Gasteiger partial charge in [0.15, 0.2) is 17.8 Å². The summed E-state index contributed by atoms with van der Waals surface area (Å²) in [5.41, 5.74) is 2.10. The lowest BCUT2D eigenvalue weighted by Crippen LogP contribution is -2.25. The Kier molecular flexibility index (Phi) is 12.5. The van der Waals surface area contributed by atoms with Crippen LogP contribution in [0.15, 0.2) is 66.5 Å². The molecule has 2 heterocycles. The second kappa shape index (κ2) is 16.4. The standard InChI is InChI=1S/C20H23F2NO2.C19H21FN2O2.CH4/c1-3-17(24)23-16-12-14(19-15(18(16)21)8-11-25-19)5-4-13-6-9-20(2,22)10-7-13;1-3-17(23)22-15-10-14(18-16(11-15)21-12-24-18)5-4-13-6-8-19(2,20)9-7-13;/h3-5,12-13H,1,6-11H2,2H3,(H,23,24);3-5,10-13H,1,6-9H2,2H3,(H,22,23);1H4/b2*5-4+;. The first-order valence-electron chi connectivity index (χ1n) is 16.8. The molecule has 3 aliphatic rings. The van der Waals surface area contributed by atoms with Crippen LogP contribution in [0, 0.1) is 17.7 Å². The fourth-order valence-electron chi connectivity index (χ4n) is 6.50. The first-order valence-corrected chi connectivity index (χ1v) is 16.8. The van der Waals surface area contributed by atoms with E-state index in [9.17, 15) is 22.8 Å². The SMILES string of the molecule is C.C=CC(=O)Nc1cc(/C=C/C2CCC(C)(F)CC2)c2c(c1F)CCO2.C=CC(=O)Nc1cc(/C=C/C2CCC(C)(F)CC2)c2ocnc2c1. The zero-order chi connectivity index (χ0) is 35.2. The number of carbonyl (C=O) groups is 2. The van der Waals surface area contributed by atoms with Crippen LogP contribution in [0.3, 0.4) is 0 Å². The topological polar surface area (TPSA) is 93.5 Å². The predicted molar refractivity (Wildman–Crippen MR) is 195 cm³/mol. The van der Waals surface area contributed by atoms with E-state index in [2.05, 4.69) is 34.9 Å². The largest absolute Gasteiger partial charge is 0.492 e. The van der Waals surface area contributed by atoms with Gasteiger partial charge in [-0.2, -0.15) is 0 Å². The van der Waals surface area contributed by atoms with E-state index in [0.29, 0.717) is 78.6 Å². The number of halogens is 3. The van der Waals surface area contributed by atoms with E-state index in [1.165, 1.54) is 12.5 Å². The lowest BCUT2D eigenvalue weighted by atomic mass is 9.81. The molecule has 6 rings (SSSR count). The van der Waals surface area contributed by atoms with Gasteiger partial charge in [-0.25, -0.2) is 18.2 Å². The van der Waals surface area contributed by atoms with Crippen molar-refractivity contribution in [2.45, 2.75) is 90.4 Å². The minimum Gasteiger partial charge on any atom is -0.492 e. The molecule has 2 N–H and O–H groups in total. The Hall–Kier alpha value is -4.60. The summed E-state index contributed by atoms with van der Waals surface area (Å²) in [6.45, 7) is 10.6. The summed E-state index contributed by atoms with van der Waals surface area (Å²) in [6, 6.07) is 5.18. The first kappa shape index (κ1) is 38.2. The summed E-state index contributed by atoms with van der Waals surface area (Å²) >= 11 is 0. The highest BCUT2D eigenvalue weighted by Gasteiger charge is 2.31. The van der Waals surface area contributed by atoms with E-state index in [1.54, 1.807) is 26.0 Å². The summed E-state index contributed by atoms with van der Waals surface area (Å²) in [5, 5.41) is 5.25. The normalized spacial score (nSPS) is 24.4. The molecule has 2 saturated carbocycles. The van der Waals surface area contributed by atoms with Crippen LogP contribution >= 0.6 is 0 Å². The van der Waals surface area contributed by atoms with Gasteiger partial charge >= 0.3 is 0 Å². The zero-order valence-corrected chi connectivity index (χ0v) is 28.1. The molecule has 0 saturated heterocycles. The Morgan fingerprint density at radius 3 is 2.02 bits per heavy atom. The van der Waals surface area contributed by atoms with Crippen molar-refractivity contribution in [2.75, 3.05) is 17.2 Å². The molecular weight excluding hydrogens is 643 g/mol. The number of ether oxygens (including phenoxy) is 1. The minimum absolute atomic E-state index is 0. The molecule has 3 aromatic rings. The fourth-order valence-corrected chi connectivity index (χ4v) is 6.50. The fraction of sp³-hybridized carbons (Fsp3) is 0.425. The minimum atomic E-state index is -1.06. The lowest BCUT2D eigenvalue weighted by molar-refractivity contribution is -0.112. The van der Waals surface area contributed by atoms with Crippen LogP contribution in [0.5, 0.6) is 5.75 Å². The maximum atomic E-state index is 14.5. The number of carbonyl (C=O) groups excluding carboxylic acids is 2. The van der Waals surface area contributed by atoms with Crippen LogP contribution in [0.2, 0.25) is 0 Å². The molecule has 1 aliphatic heterocycles. The van der Waals surface area contributed by atoms with Crippen molar-refractivity contribution in [3.05, 3.63) is 84.6 Å². The van der Waals surface area contributed by atoms with Gasteiger partial charge in [-0.05, 0) is 107 Å². The van der Waals surface area contributed by atoms with Gasteiger partial charge in [0.25, 0.3) is 0 Å². The molecule has 10 heteroatoms. The van der Waals surface area contributed by atoms with Crippen LogP contribution in [0.1, 0.15) is 89.3 Å². The molecule has 268 valence electrons. The van der Waals surface area contributed by atoms with Crippen LogP contribution < -0.4 is 15.4 Å². The van der Waals surface area contributed by atoms with E-state index in [0.717, 1.165) is 42.9 Å². The molecule has 50 heavy (non-hydrogen) atoms. The molecule has 0 spiro atoms. The number of rotatable bonds is 8. The summed E-state index contributed by atoms with van der Waals surface area (Å²) in [4.78, 5) is 27.2. The number of aromatic nitrogens is 1. The van der Waals surface area contributed by atoms with Gasteiger partial charge in [-0.1, -0.05) is 44.9 Å². The second-order valence-electron chi connectivity index (χ2n) is 13.6. The molecule has 2 fully saturated rings. The highest BCUT2D eigenvalue weighted by Crippen LogP contribution is 2.39. The Labute approximate surface area is 292 Å². The van der Waals surface area contributed by atoms with Crippen molar-refractivity contribution in [3.63, 3.8) is 0 Å². The molecule has 0 atom stereocenters. The van der Waals surface area contributed by atoms with Gasteiger partial charge in [-0.15, -0.1) is 0 Å². The lowest BCUT2D eigenvalue weighted by Gasteiger charge is -2.29. The van der Waals surface area contributed by atoms with E-state index in [-0.39, 0.29) is 19.0 Å². The quantitative estimate of drug-likeness (QED) is 0.229. The number of alkyl halides is 2. The Morgan fingerprint density at radius 1 is 0.880 bits per heavy atom. The zero-order valence-electron chi connectivity index (χ0n) is 28.1. The molecule has 2 amide bonds. The Bertz CT molecular complexity index is 1750. The third-order valence-corrected chi connectivity index (χ3v) is 9.53. The second-order valence-corrected chi connectivity index (χ2v) is 13.6. The van der Waals surface area contributed by atoms with Crippen molar-refractivity contribution in [2.24, 2.45) is 11.8 Å². The predicted octanol–water partition coefficient (Wildman–Crippen LogP) is 10.3. The number of hydrogen-bond acceptors (Lipinski definition) is 5. The summed E-state index contributed by atoms with van der Waals surface area (Å²) in [7, 11) is 0. The van der Waals surface area contributed by atoms with Gasteiger partial charge in [0, 0.05) is 28.8 Å². The van der Waals surface area contributed by atoms with Crippen molar-refractivity contribution in [3.8, 4) is 5.75 Å². The van der Waals surface area contributed by atoms with Gasteiger partial charge in [-0.3, -0.25) is 9.59 Å². The van der Waals surface area contributed by atoms with Crippen LogP contribution in [0.4, 0.5) is 24.5 Å². The van der Waals surface area contributed by atoms with Crippen LogP contribution in [-0.4, -0.2) is 34.7 Å². The molecule has 0 unspecified atom stereocenters. The molecule has 7 nitrogen and oxygen atoms in total. The van der Waals surface area contributed by atoms with E-state index >= 15 is 0 Å². The third kappa shape index (κ3) is 9.76. The summed E-state index contributed by atoms with van der Waals surface area (Å²) in [5.74, 6) is 0.0158. The van der Waals surface area contributed by atoms with Gasteiger partial charge < -0.3 is 19.8 Å². The van der Waals surface area contributed by atoms with Crippen molar-refractivity contribution in [1.29, 1.82) is 0 Å². The van der Waals surface area contributed by atoms with Crippen LogP contribution in [0.25, 0.3) is 23.3 Å². The van der Waals surface area contributed by atoms with E-state index in [1.807, 2.05) is 24.3 Å². The third-order valence-electron chi connectivity index (χ3n) is 9.53. The Balaban J connectivity index is 0.000000220. The maximum absolute atomic E-state index is 14.5. The molecule has 2 aliphatic carbocycles. The average molecular weight is 692 g/mol. The number of amides is 2. The number of benzene rings is 2. The number of nitrogens with one attached hydrogen (secondary N) is 2.